The SMILES string of the molecule is Cc1cc(C(=O)Nc2cccc(-c3nnc4n3CCCCC4)c2)c(C)n1C1CCCCC1. The van der Waals surface area contributed by atoms with E-state index in [1.54, 1.807) is 0 Å². The second-order valence-corrected chi connectivity index (χ2v) is 9.38. The molecule has 0 atom stereocenters. The van der Waals surface area contributed by atoms with E-state index in [4.69, 9.17) is 0 Å². The second-order valence-electron chi connectivity index (χ2n) is 9.38. The Morgan fingerprint density at radius 1 is 1.00 bits per heavy atom. The predicted octanol–water partition coefficient (Wildman–Crippen LogP) is 5.85. The smallest absolute Gasteiger partial charge is 0.257 e. The number of hydrogen-bond donors (Lipinski definition) is 1. The highest BCUT2D eigenvalue weighted by Crippen LogP contribution is 2.32. The summed E-state index contributed by atoms with van der Waals surface area (Å²) in [5.41, 5.74) is 4.82. The molecule has 6 nitrogen and oxygen atoms in total. The molecule has 1 amide bonds. The van der Waals surface area contributed by atoms with E-state index in [1.165, 1.54) is 50.6 Å². The van der Waals surface area contributed by atoms with Crippen LogP contribution >= 0.6 is 0 Å². The summed E-state index contributed by atoms with van der Waals surface area (Å²) in [4.78, 5) is 13.2. The van der Waals surface area contributed by atoms with Crippen LogP contribution in [0, 0.1) is 13.8 Å². The minimum absolute atomic E-state index is 0.0441. The van der Waals surface area contributed by atoms with E-state index < -0.39 is 0 Å². The number of amides is 1. The summed E-state index contributed by atoms with van der Waals surface area (Å²) in [7, 11) is 0. The third kappa shape index (κ3) is 3.98. The minimum Gasteiger partial charge on any atom is -0.345 e. The maximum absolute atomic E-state index is 13.2. The zero-order chi connectivity index (χ0) is 22.1. The molecule has 3 aromatic rings. The third-order valence-electron chi connectivity index (χ3n) is 7.16. The molecule has 168 valence electrons. The Bertz CT molecular complexity index is 1120. The summed E-state index contributed by atoms with van der Waals surface area (Å²) in [6.07, 6.45) is 10.9. The van der Waals surface area contributed by atoms with Crippen molar-refractivity contribution in [3.63, 3.8) is 0 Å². The number of benzene rings is 1. The lowest BCUT2D eigenvalue weighted by molar-refractivity contribution is 0.102. The molecule has 3 heterocycles. The van der Waals surface area contributed by atoms with E-state index in [2.05, 4.69) is 38.5 Å². The van der Waals surface area contributed by atoms with Gasteiger partial charge in [-0.1, -0.05) is 37.8 Å². The number of nitrogens with one attached hydrogen (secondary N) is 1. The summed E-state index contributed by atoms with van der Waals surface area (Å²) in [5, 5.41) is 12.0. The Labute approximate surface area is 190 Å². The molecule has 1 N–H and O–H groups in total. The average Bonchev–Trinajstić information content (AvgIpc) is 3.25. The molecule has 0 unspecified atom stereocenters. The number of carbonyl (C=O) groups excluding carboxylic acids is 1. The van der Waals surface area contributed by atoms with Crippen LogP contribution < -0.4 is 5.32 Å². The van der Waals surface area contributed by atoms with Gasteiger partial charge in [-0.25, -0.2) is 0 Å². The molecule has 1 aromatic carbocycles. The average molecular weight is 432 g/mol. The van der Waals surface area contributed by atoms with Crippen molar-refractivity contribution in [3.8, 4) is 11.4 Å². The number of hydrogen-bond acceptors (Lipinski definition) is 3. The van der Waals surface area contributed by atoms with Gasteiger partial charge in [0.25, 0.3) is 5.91 Å². The van der Waals surface area contributed by atoms with Crippen LogP contribution in [0.15, 0.2) is 30.3 Å². The van der Waals surface area contributed by atoms with Crippen molar-refractivity contribution in [3.05, 3.63) is 53.1 Å². The Kier molecular flexibility index (Phi) is 5.85. The first kappa shape index (κ1) is 21.0. The van der Waals surface area contributed by atoms with Gasteiger partial charge in [-0.05, 0) is 57.7 Å². The van der Waals surface area contributed by atoms with Gasteiger partial charge in [0.1, 0.15) is 5.82 Å². The predicted molar refractivity (Wildman–Crippen MR) is 127 cm³/mol. The Morgan fingerprint density at radius 2 is 1.81 bits per heavy atom. The molecule has 0 radical (unpaired) electrons. The lowest BCUT2D eigenvalue weighted by Gasteiger charge is -2.26. The highest BCUT2D eigenvalue weighted by atomic mass is 16.1. The molecule has 0 spiro atoms. The molecule has 6 heteroatoms. The number of anilines is 1. The number of carbonyl (C=O) groups is 1. The van der Waals surface area contributed by atoms with E-state index in [0.29, 0.717) is 6.04 Å². The lowest BCUT2D eigenvalue weighted by atomic mass is 9.95. The maximum Gasteiger partial charge on any atom is 0.257 e. The molecule has 1 saturated carbocycles. The van der Waals surface area contributed by atoms with Gasteiger partial charge in [0, 0.05) is 41.6 Å². The van der Waals surface area contributed by atoms with Crippen molar-refractivity contribution in [2.75, 3.05) is 5.32 Å². The van der Waals surface area contributed by atoms with E-state index in [0.717, 1.165) is 53.5 Å². The fraction of sp³-hybridized carbons (Fsp3) is 0.500. The van der Waals surface area contributed by atoms with Crippen LogP contribution in [-0.4, -0.2) is 25.2 Å². The Balaban J connectivity index is 1.38. The zero-order valence-electron chi connectivity index (χ0n) is 19.2. The number of rotatable bonds is 4. The highest BCUT2D eigenvalue weighted by molar-refractivity contribution is 6.05. The monoisotopic (exact) mass is 431 g/mol. The first-order valence-electron chi connectivity index (χ1n) is 12.1. The van der Waals surface area contributed by atoms with Crippen molar-refractivity contribution < 1.29 is 4.79 Å². The summed E-state index contributed by atoms with van der Waals surface area (Å²) < 4.78 is 4.63. The molecular formula is C26H33N5O. The molecular weight excluding hydrogens is 398 g/mol. The van der Waals surface area contributed by atoms with E-state index in [-0.39, 0.29) is 5.91 Å². The standard InChI is InChI=1S/C26H33N5O/c1-18-16-23(19(2)31(18)22-12-5-3-6-13-22)26(32)27-21-11-9-10-20(17-21)25-29-28-24-14-7-4-8-15-30(24)25/h9-11,16-17,22H,3-8,12-15H2,1-2H3,(H,27,32). The largest absolute Gasteiger partial charge is 0.345 e. The number of aryl methyl sites for hydroxylation is 2. The quantitative estimate of drug-likeness (QED) is 0.564. The van der Waals surface area contributed by atoms with Gasteiger partial charge in [-0.3, -0.25) is 4.79 Å². The van der Waals surface area contributed by atoms with Crippen LogP contribution in [0.3, 0.4) is 0 Å². The number of fused-ring (bicyclic) bond motifs is 1. The summed E-state index contributed by atoms with van der Waals surface area (Å²) in [6.45, 7) is 5.16. The second kappa shape index (κ2) is 8.93. The van der Waals surface area contributed by atoms with Gasteiger partial charge in [0.05, 0.1) is 5.56 Å². The summed E-state index contributed by atoms with van der Waals surface area (Å²) in [6, 6.07) is 10.6. The molecule has 2 aromatic heterocycles. The molecule has 0 bridgehead atoms. The van der Waals surface area contributed by atoms with Crippen LogP contribution in [0.5, 0.6) is 0 Å². The van der Waals surface area contributed by atoms with Crippen LogP contribution in [0.25, 0.3) is 11.4 Å². The fourth-order valence-corrected chi connectivity index (χ4v) is 5.54. The molecule has 1 aliphatic carbocycles. The third-order valence-corrected chi connectivity index (χ3v) is 7.16. The van der Waals surface area contributed by atoms with Crippen molar-refractivity contribution >= 4 is 11.6 Å². The first-order valence-corrected chi connectivity index (χ1v) is 12.1. The molecule has 1 fully saturated rings. The van der Waals surface area contributed by atoms with Gasteiger partial charge in [-0.2, -0.15) is 0 Å². The van der Waals surface area contributed by atoms with Gasteiger partial charge >= 0.3 is 0 Å². The van der Waals surface area contributed by atoms with Crippen molar-refractivity contribution in [1.82, 2.24) is 19.3 Å². The molecule has 32 heavy (non-hydrogen) atoms. The Hall–Kier alpha value is -2.89. The zero-order valence-corrected chi connectivity index (χ0v) is 19.2. The number of aromatic nitrogens is 4. The molecule has 1 aliphatic heterocycles. The first-order chi connectivity index (χ1) is 15.6. The van der Waals surface area contributed by atoms with E-state index >= 15 is 0 Å². The van der Waals surface area contributed by atoms with Crippen LogP contribution in [0.1, 0.15) is 85.0 Å². The fourth-order valence-electron chi connectivity index (χ4n) is 5.54. The summed E-state index contributed by atoms with van der Waals surface area (Å²) >= 11 is 0. The van der Waals surface area contributed by atoms with Gasteiger partial charge in [0.2, 0.25) is 0 Å². The minimum atomic E-state index is -0.0441. The van der Waals surface area contributed by atoms with Crippen LogP contribution in [-0.2, 0) is 13.0 Å². The van der Waals surface area contributed by atoms with E-state index in [9.17, 15) is 4.79 Å². The van der Waals surface area contributed by atoms with Crippen LogP contribution in [0.2, 0.25) is 0 Å². The molecule has 2 aliphatic rings. The highest BCUT2D eigenvalue weighted by Gasteiger charge is 2.23. The molecule has 5 rings (SSSR count). The summed E-state index contributed by atoms with van der Waals surface area (Å²) in [5.74, 6) is 1.92. The number of nitrogens with zero attached hydrogens (tertiary/aromatic N) is 4. The molecule has 0 saturated heterocycles. The van der Waals surface area contributed by atoms with Crippen molar-refractivity contribution in [2.45, 2.75) is 84.2 Å². The van der Waals surface area contributed by atoms with Gasteiger partial charge < -0.3 is 14.5 Å². The van der Waals surface area contributed by atoms with E-state index in [1.807, 2.05) is 30.3 Å². The maximum atomic E-state index is 13.2. The lowest BCUT2D eigenvalue weighted by Crippen LogP contribution is -2.17. The van der Waals surface area contributed by atoms with Gasteiger partial charge in [-0.15, -0.1) is 10.2 Å². The van der Waals surface area contributed by atoms with Crippen molar-refractivity contribution in [1.29, 1.82) is 0 Å². The van der Waals surface area contributed by atoms with Crippen molar-refractivity contribution in [2.24, 2.45) is 0 Å². The topological polar surface area (TPSA) is 64.7 Å². The normalized spacial score (nSPS) is 17.1. The van der Waals surface area contributed by atoms with Crippen LogP contribution in [0.4, 0.5) is 5.69 Å². The Morgan fingerprint density at radius 3 is 2.66 bits per heavy atom. The van der Waals surface area contributed by atoms with Gasteiger partial charge in [0.15, 0.2) is 5.82 Å².